The van der Waals surface area contributed by atoms with Gasteiger partial charge in [-0.05, 0) is 43.1 Å². The first kappa shape index (κ1) is 12.9. The van der Waals surface area contributed by atoms with Crippen LogP contribution < -0.4 is 5.32 Å². The summed E-state index contributed by atoms with van der Waals surface area (Å²) in [6.45, 7) is 5.31. The van der Waals surface area contributed by atoms with Gasteiger partial charge in [-0.1, -0.05) is 31.2 Å². The third-order valence-corrected chi connectivity index (χ3v) is 3.27. The van der Waals surface area contributed by atoms with Crippen molar-refractivity contribution in [2.45, 2.75) is 32.7 Å². The zero-order valence-corrected chi connectivity index (χ0v) is 11.1. The predicted octanol–water partition coefficient (Wildman–Crippen LogP) is 3.87. The molecule has 1 unspecified atom stereocenters. The first-order valence-corrected chi connectivity index (χ1v) is 6.62. The maximum absolute atomic E-state index is 5.40. The first-order chi connectivity index (χ1) is 8.81. The zero-order chi connectivity index (χ0) is 12.8. The molecule has 0 aliphatic carbocycles. The number of hydrogen-bond donors (Lipinski definition) is 1. The SMILES string of the molecule is CCNC(CCc1ccco1)c1ccccc1C. The number of benzene rings is 1. The highest BCUT2D eigenvalue weighted by Gasteiger charge is 2.12. The van der Waals surface area contributed by atoms with Crippen molar-refractivity contribution < 1.29 is 4.42 Å². The fourth-order valence-electron chi connectivity index (χ4n) is 2.33. The Bertz CT molecular complexity index is 462. The Morgan fingerprint density at radius 2 is 2.00 bits per heavy atom. The summed E-state index contributed by atoms with van der Waals surface area (Å²) in [5, 5.41) is 3.56. The molecule has 0 saturated heterocycles. The second-order valence-electron chi connectivity index (χ2n) is 4.58. The molecule has 1 N–H and O–H groups in total. The fourth-order valence-corrected chi connectivity index (χ4v) is 2.33. The van der Waals surface area contributed by atoms with Crippen molar-refractivity contribution in [2.24, 2.45) is 0 Å². The van der Waals surface area contributed by atoms with Crippen LogP contribution in [0.1, 0.15) is 36.3 Å². The molecule has 0 radical (unpaired) electrons. The van der Waals surface area contributed by atoms with Gasteiger partial charge >= 0.3 is 0 Å². The highest BCUT2D eigenvalue weighted by Crippen LogP contribution is 2.22. The summed E-state index contributed by atoms with van der Waals surface area (Å²) in [5.74, 6) is 1.06. The number of hydrogen-bond acceptors (Lipinski definition) is 2. The van der Waals surface area contributed by atoms with Crippen molar-refractivity contribution in [1.82, 2.24) is 5.32 Å². The van der Waals surface area contributed by atoms with Crippen molar-refractivity contribution in [3.05, 3.63) is 59.5 Å². The molecule has 1 heterocycles. The summed E-state index contributed by atoms with van der Waals surface area (Å²) < 4.78 is 5.40. The molecule has 96 valence electrons. The van der Waals surface area contributed by atoms with E-state index < -0.39 is 0 Å². The van der Waals surface area contributed by atoms with Crippen LogP contribution in [0.15, 0.2) is 47.1 Å². The molecule has 2 rings (SSSR count). The van der Waals surface area contributed by atoms with Crippen LogP contribution in [0.3, 0.4) is 0 Å². The van der Waals surface area contributed by atoms with Crippen molar-refractivity contribution >= 4 is 0 Å². The van der Waals surface area contributed by atoms with E-state index in [-0.39, 0.29) is 0 Å². The van der Waals surface area contributed by atoms with Gasteiger partial charge in [-0.25, -0.2) is 0 Å². The molecule has 0 amide bonds. The maximum Gasteiger partial charge on any atom is 0.103 e. The first-order valence-electron chi connectivity index (χ1n) is 6.62. The van der Waals surface area contributed by atoms with Crippen LogP contribution in [-0.4, -0.2) is 6.54 Å². The van der Waals surface area contributed by atoms with Gasteiger partial charge in [0.25, 0.3) is 0 Å². The largest absolute Gasteiger partial charge is 0.469 e. The second kappa shape index (κ2) is 6.41. The summed E-state index contributed by atoms with van der Waals surface area (Å²) >= 11 is 0. The minimum Gasteiger partial charge on any atom is -0.469 e. The van der Waals surface area contributed by atoms with E-state index in [1.54, 1.807) is 6.26 Å². The fraction of sp³-hybridized carbons (Fsp3) is 0.375. The molecule has 0 aliphatic heterocycles. The van der Waals surface area contributed by atoms with Gasteiger partial charge in [-0.3, -0.25) is 0 Å². The van der Waals surface area contributed by atoms with E-state index >= 15 is 0 Å². The van der Waals surface area contributed by atoms with Crippen LogP contribution in [0.2, 0.25) is 0 Å². The molecular formula is C16H21NO. The van der Waals surface area contributed by atoms with Crippen LogP contribution in [-0.2, 0) is 6.42 Å². The lowest BCUT2D eigenvalue weighted by atomic mass is 9.97. The average Bonchev–Trinajstić information content (AvgIpc) is 2.88. The van der Waals surface area contributed by atoms with Gasteiger partial charge < -0.3 is 9.73 Å². The predicted molar refractivity (Wildman–Crippen MR) is 74.6 cm³/mol. The van der Waals surface area contributed by atoms with E-state index in [1.807, 2.05) is 12.1 Å². The van der Waals surface area contributed by atoms with Crippen LogP contribution >= 0.6 is 0 Å². The normalized spacial score (nSPS) is 12.6. The van der Waals surface area contributed by atoms with Gasteiger partial charge in [0.05, 0.1) is 6.26 Å². The van der Waals surface area contributed by atoms with E-state index in [1.165, 1.54) is 11.1 Å². The van der Waals surface area contributed by atoms with Crippen LogP contribution in [0.4, 0.5) is 0 Å². The third kappa shape index (κ3) is 3.23. The summed E-state index contributed by atoms with van der Waals surface area (Å²) in [6.07, 6.45) is 3.77. The summed E-state index contributed by atoms with van der Waals surface area (Å²) in [5.41, 5.74) is 2.74. The van der Waals surface area contributed by atoms with Crippen LogP contribution in [0.25, 0.3) is 0 Å². The number of furan rings is 1. The highest BCUT2D eigenvalue weighted by molar-refractivity contribution is 5.28. The molecule has 1 aromatic heterocycles. The molecule has 1 atom stereocenters. The van der Waals surface area contributed by atoms with Crippen molar-refractivity contribution in [3.63, 3.8) is 0 Å². The molecule has 1 aromatic carbocycles. The smallest absolute Gasteiger partial charge is 0.103 e. The van der Waals surface area contributed by atoms with Gasteiger partial charge in [0.2, 0.25) is 0 Å². The molecule has 0 saturated carbocycles. The molecule has 2 nitrogen and oxygen atoms in total. The minimum absolute atomic E-state index is 0.404. The Kier molecular flexibility index (Phi) is 4.59. The topological polar surface area (TPSA) is 25.2 Å². The Morgan fingerprint density at radius 3 is 2.67 bits per heavy atom. The molecular weight excluding hydrogens is 222 g/mol. The lowest BCUT2D eigenvalue weighted by molar-refractivity contribution is 0.458. The average molecular weight is 243 g/mol. The van der Waals surface area contributed by atoms with Crippen molar-refractivity contribution in [3.8, 4) is 0 Å². The second-order valence-corrected chi connectivity index (χ2v) is 4.58. The van der Waals surface area contributed by atoms with Gasteiger partial charge in [0, 0.05) is 12.5 Å². The molecule has 0 aliphatic rings. The van der Waals surface area contributed by atoms with Crippen LogP contribution in [0.5, 0.6) is 0 Å². The van der Waals surface area contributed by atoms with Gasteiger partial charge in [0.15, 0.2) is 0 Å². The maximum atomic E-state index is 5.40. The van der Waals surface area contributed by atoms with Crippen molar-refractivity contribution in [2.75, 3.05) is 6.54 Å². The van der Waals surface area contributed by atoms with E-state index in [9.17, 15) is 0 Å². The third-order valence-electron chi connectivity index (χ3n) is 3.27. The summed E-state index contributed by atoms with van der Waals surface area (Å²) in [7, 11) is 0. The molecule has 2 heteroatoms. The van der Waals surface area contributed by atoms with Gasteiger partial charge in [-0.2, -0.15) is 0 Å². The quantitative estimate of drug-likeness (QED) is 0.833. The molecule has 18 heavy (non-hydrogen) atoms. The molecule has 0 bridgehead atoms. The van der Waals surface area contributed by atoms with Gasteiger partial charge in [-0.15, -0.1) is 0 Å². The molecule has 2 aromatic rings. The van der Waals surface area contributed by atoms with E-state index in [0.29, 0.717) is 6.04 Å². The molecule has 0 fully saturated rings. The Hall–Kier alpha value is -1.54. The Labute approximate surface area is 109 Å². The minimum atomic E-state index is 0.404. The number of rotatable bonds is 6. The monoisotopic (exact) mass is 243 g/mol. The highest BCUT2D eigenvalue weighted by atomic mass is 16.3. The van der Waals surface area contributed by atoms with Crippen molar-refractivity contribution in [1.29, 1.82) is 0 Å². The zero-order valence-electron chi connectivity index (χ0n) is 11.1. The van der Waals surface area contributed by atoms with Crippen LogP contribution in [0, 0.1) is 6.92 Å². The lowest BCUT2D eigenvalue weighted by Crippen LogP contribution is -2.22. The summed E-state index contributed by atoms with van der Waals surface area (Å²) in [6, 6.07) is 13.0. The van der Waals surface area contributed by atoms with E-state index in [4.69, 9.17) is 4.42 Å². The molecule has 0 spiro atoms. The standard InChI is InChI=1S/C16H21NO/c1-3-17-16(11-10-14-8-6-12-18-14)15-9-5-4-7-13(15)2/h4-9,12,16-17H,3,10-11H2,1-2H3. The van der Waals surface area contributed by atoms with Gasteiger partial charge in [0.1, 0.15) is 5.76 Å². The lowest BCUT2D eigenvalue weighted by Gasteiger charge is -2.19. The van der Waals surface area contributed by atoms with E-state index in [0.717, 1.165) is 25.1 Å². The Balaban J connectivity index is 2.06. The Morgan fingerprint density at radius 1 is 1.17 bits per heavy atom. The number of aryl methyl sites for hydroxylation is 2. The summed E-state index contributed by atoms with van der Waals surface area (Å²) in [4.78, 5) is 0. The number of nitrogens with one attached hydrogen (secondary N) is 1. The van der Waals surface area contributed by atoms with E-state index in [2.05, 4.69) is 43.4 Å².